The van der Waals surface area contributed by atoms with Crippen LogP contribution < -0.4 is 5.32 Å². The van der Waals surface area contributed by atoms with Crippen LogP contribution in [0.15, 0.2) is 42.7 Å². The van der Waals surface area contributed by atoms with E-state index in [1.807, 2.05) is 32.0 Å². The number of carboxylic acids is 1. The molecule has 0 atom stereocenters. The van der Waals surface area contributed by atoms with Crippen molar-refractivity contribution in [2.24, 2.45) is 0 Å². The molecule has 0 aliphatic heterocycles. The Labute approximate surface area is 127 Å². The number of aromatic carboxylic acids is 1. The minimum atomic E-state index is -0.952. The Bertz CT molecular complexity index is 875. The third kappa shape index (κ3) is 2.61. The third-order valence-electron chi connectivity index (χ3n) is 3.53. The maximum atomic E-state index is 11.1. The number of rotatable bonds is 3. The molecule has 2 N–H and O–H groups in total. The number of anilines is 2. The number of nitrogens with zero attached hydrogens (tertiary/aromatic N) is 2. The average molecular weight is 293 g/mol. The van der Waals surface area contributed by atoms with Crippen molar-refractivity contribution in [2.75, 3.05) is 5.32 Å². The van der Waals surface area contributed by atoms with Crippen molar-refractivity contribution in [3.05, 3.63) is 59.4 Å². The van der Waals surface area contributed by atoms with Gasteiger partial charge in [-0.05, 0) is 43.7 Å². The molecular formula is C17H15N3O2. The van der Waals surface area contributed by atoms with Crippen LogP contribution in [0.1, 0.15) is 21.5 Å². The lowest BCUT2D eigenvalue weighted by Crippen LogP contribution is -2.01. The van der Waals surface area contributed by atoms with Crippen molar-refractivity contribution < 1.29 is 9.90 Å². The van der Waals surface area contributed by atoms with Crippen molar-refractivity contribution in [1.82, 2.24) is 9.97 Å². The molecule has 1 aromatic heterocycles. The van der Waals surface area contributed by atoms with Crippen LogP contribution in [0.25, 0.3) is 10.9 Å². The average Bonchev–Trinajstić information content (AvgIpc) is 2.49. The lowest BCUT2D eigenvalue weighted by Gasteiger charge is -2.12. The van der Waals surface area contributed by atoms with Gasteiger partial charge in [-0.1, -0.05) is 17.7 Å². The minimum absolute atomic E-state index is 0.239. The summed E-state index contributed by atoms with van der Waals surface area (Å²) in [5.41, 5.74) is 3.87. The van der Waals surface area contributed by atoms with Crippen LogP contribution in [0.5, 0.6) is 0 Å². The van der Waals surface area contributed by atoms with Gasteiger partial charge in [0, 0.05) is 11.1 Å². The van der Waals surface area contributed by atoms with Crippen molar-refractivity contribution in [2.45, 2.75) is 13.8 Å². The summed E-state index contributed by atoms with van der Waals surface area (Å²) < 4.78 is 0. The summed E-state index contributed by atoms with van der Waals surface area (Å²) in [5, 5.41) is 13.2. The first-order valence-corrected chi connectivity index (χ1v) is 6.87. The molecule has 0 spiro atoms. The molecule has 0 aliphatic carbocycles. The van der Waals surface area contributed by atoms with E-state index >= 15 is 0 Å². The van der Waals surface area contributed by atoms with Gasteiger partial charge in [0.1, 0.15) is 12.1 Å². The summed E-state index contributed by atoms with van der Waals surface area (Å²) in [5.74, 6) is -0.286. The van der Waals surface area contributed by atoms with E-state index in [0.29, 0.717) is 5.82 Å². The van der Waals surface area contributed by atoms with Gasteiger partial charge in [-0.25, -0.2) is 14.8 Å². The van der Waals surface area contributed by atoms with Gasteiger partial charge in [0.2, 0.25) is 0 Å². The van der Waals surface area contributed by atoms with Crippen LogP contribution in [-0.2, 0) is 0 Å². The van der Waals surface area contributed by atoms with E-state index in [9.17, 15) is 4.79 Å². The Kier molecular flexibility index (Phi) is 3.47. The first-order valence-electron chi connectivity index (χ1n) is 6.87. The highest BCUT2D eigenvalue weighted by atomic mass is 16.4. The number of benzene rings is 2. The second-order valence-corrected chi connectivity index (χ2v) is 5.20. The quantitative estimate of drug-likeness (QED) is 0.770. The van der Waals surface area contributed by atoms with Crippen molar-refractivity contribution >= 4 is 28.4 Å². The first kappa shape index (κ1) is 14.0. The fourth-order valence-corrected chi connectivity index (χ4v) is 2.29. The molecule has 2 aromatic carbocycles. The summed E-state index contributed by atoms with van der Waals surface area (Å²) in [6.45, 7) is 3.93. The van der Waals surface area contributed by atoms with Crippen molar-refractivity contribution in [1.29, 1.82) is 0 Å². The number of hydrogen-bond acceptors (Lipinski definition) is 4. The monoisotopic (exact) mass is 293 g/mol. The number of aromatic nitrogens is 2. The van der Waals surface area contributed by atoms with E-state index in [-0.39, 0.29) is 5.56 Å². The molecule has 22 heavy (non-hydrogen) atoms. The van der Waals surface area contributed by atoms with E-state index in [1.54, 1.807) is 18.2 Å². The molecule has 1 heterocycles. The molecule has 0 unspecified atom stereocenters. The minimum Gasteiger partial charge on any atom is -0.478 e. The Hall–Kier alpha value is -2.95. The maximum Gasteiger partial charge on any atom is 0.335 e. The van der Waals surface area contributed by atoms with Crippen LogP contribution in [0.4, 0.5) is 11.5 Å². The van der Waals surface area contributed by atoms with Gasteiger partial charge >= 0.3 is 5.97 Å². The molecule has 5 heteroatoms. The molecule has 0 aliphatic rings. The summed E-state index contributed by atoms with van der Waals surface area (Å²) in [4.78, 5) is 19.7. The Morgan fingerprint density at radius 2 is 1.91 bits per heavy atom. The summed E-state index contributed by atoms with van der Waals surface area (Å²) in [6, 6.07) is 10.9. The second-order valence-electron chi connectivity index (χ2n) is 5.20. The molecule has 0 saturated heterocycles. The van der Waals surface area contributed by atoms with Gasteiger partial charge in [0.05, 0.1) is 11.1 Å². The summed E-state index contributed by atoms with van der Waals surface area (Å²) >= 11 is 0. The van der Waals surface area contributed by atoms with Gasteiger partial charge in [-0.3, -0.25) is 0 Å². The number of fused-ring (bicyclic) bond motifs is 1. The molecule has 0 saturated carbocycles. The number of aryl methyl sites for hydroxylation is 2. The Balaban J connectivity index is 2.09. The fourth-order valence-electron chi connectivity index (χ4n) is 2.29. The molecule has 0 fully saturated rings. The molecule has 5 nitrogen and oxygen atoms in total. The van der Waals surface area contributed by atoms with Crippen LogP contribution in [0.3, 0.4) is 0 Å². The topological polar surface area (TPSA) is 75.1 Å². The normalized spacial score (nSPS) is 10.6. The molecule has 0 bridgehead atoms. The zero-order valence-electron chi connectivity index (χ0n) is 12.3. The van der Waals surface area contributed by atoms with E-state index in [0.717, 1.165) is 27.7 Å². The first-order chi connectivity index (χ1) is 10.5. The van der Waals surface area contributed by atoms with Crippen LogP contribution in [0.2, 0.25) is 0 Å². The molecule has 3 aromatic rings. The zero-order chi connectivity index (χ0) is 15.7. The predicted molar refractivity (Wildman–Crippen MR) is 85.7 cm³/mol. The second kappa shape index (κ2) is 5.44. The lowest BCUT2D eigenvalue weighted by molar-refractivity contribution is 0.0697. The van der Waals surface area contributed by atoms with Gasteiger partial charge in [0.25, 0.3) is 0 Å². The number of nitrogens with one attached hydrogen (secondary N) is 1. The zero-order valence-corrected chi connectivity index (χ0v) is 12.3. The molecule has 0 radical (unpaired) electrons. The van der Waals surface area contributed by atoms with Gasteiger partial charge in [0.15, 0.2) is 0 Å². The third-order valence-corrected chi connectivity index (χ3v) is 3.53. The van der Waals surface area contributed by atoms with E-state index in [2.05, 4.69) is 15.3 Å². The van der Waals surface area contributed by atoms with E-state index < -0.39 is 5.97 Å². The highest BCUT2D eigenvalue weighted by Crippen LogP contribution is 2.26. The van der Waals surface area contributed by atoms with Gasteiger partial charge in [-0.2, -0.15) is 0 Å². The molecular weight excluding hydrogens is 278 g/mol. The van der Waals surface area contributed by atoms with Gasteiger partial charge in [-0.15, -0.1) is 0 Å². The number of hydrogen-bond donors (Lipinski definition) is 2. The standard InChI is InChI=1S/C17H15N3O2/c1-10-3-6-14-13(7-10)16(19-9-18-14)20-15-8-12(17(21)22)5-4-11(15)2/h3-9H,1-2H3,(H,21,22)(H,18,19,20). The van der Waals surface area contributed by atoms with E-state index in [4.69, 9.17) is 5.11 Å². The smallest absolute Gasteiger partial charge is 0.335 e. The molecule has 0 amide bonds. The van der Waals surface area contributed by atoms with Crippen LogP contribution in [-0.4, -0.2) is 21.0 Å². The fraction of sp³-hybridized carbons (Fsp3) is 0.118. The molecule has 110 valence electrons. The number of carbonyl (C=O) groups is 1. The molecule has 3 rings (SSSR count). The SMILES string of the molecule is Cc1ccc2ncnc(Nc3cc(C(=O)O)ccc3C)c2c1. The largest absolute Gasteiger partial charge is 0.478 e. The Morgan fingerprint density at radius 1 is 1.09 bits per heavy atom. The van der Waals surface area contributed by atoms with Crippen molar-refractivity contribution in [3.63, 3.8) is 0 Å². The summed E-state index contributed by atoms with van der Waals surface area (Å²) in [6.07, 6.45) is 1.50. The van der Waals surface area contributed by atoms with Crippen molar-refractivity contribution in [3.8, 4) is 0 Å². The lowest BCUT2D eigenvalue weighted by atomic mass is 10.1. The van der Waals surface area contributed by atoms with Crippen LogP contribution >= 0.6 is 0 Å². The highest BCUT2D eigenvalue weighted by Gasteiger charge is 2.09. The van der Waals surface area contributed by atoms with E-state index in [1.165, 1.54) is 6.33 Å². The maximum absolute atomic E-state index is 11.1. The predicted octanol–water partition coefficient (Wildman–Crippen LogP) is 3.69. The summed E-state index contributed by atoms with van der Waals surface area (Å²) in [7, 11) is 0. The Morgan fingerprint density at radius 3 is 2.68 bits per heavy atom. The highest BCUT2D eigenvalue weighted by molar-refractivity contribution is 5.93. The van der Waals surface area contributed by atoms with Gasteiger partial charge < -0.3 is 10.4 Å². The number of carboxylic acid groups (broad SMARTS) is 1. The van der Waals surface area contributed by atoms with Crippen LogP contribution in [0, 0.1) is 13.8 Å².